The van der Waals surface area contributed by atoms with Crippen molar-refractivity contribution in [2.75, 3.05) is 0 Å². The number of hydrogen-bond acceptors (Lipinski definition) is 1. The molecule has 0 N–H and O–H groups in total. The molecule has 2 aromatic heterocycles. The molecule has 0 atom stereocenters. The number of aryl methyl sites for hydroxylation is 1. The molecule has 0 unspecified atom stereocenters. The molecule has 0 aromatic carbocycles. The van der Waals surface area contributed by atoms with E-state index in [2.05, 4.69) is 43.8 Å². The number of aromatic nitrogens is 1. The number of nitrogens with zero attached hydrogens (tertiary/aromatic N) is 1. The molecular weight excluding hydrogens is 166 g/mol. The van der Waals surface area contributed by atoms with Gasteiger partial charge in [-0.05, 0) is 18.1 Å². The predicted octanol–water partition coefficient (Wildman–Crippen LogP) is 3.36. The zero-order valence-electron chi connectivity index (χ0n) is 7.66. The van der Waals surface area contributed by atoms with Crippen LogP contribution in [0.3, 0.4) is 0 Å². The maximum atomic E-state index is 2.30. The van der Waals surface area contributed by atoms with Crippen molar-refractivity contribution in [3.8, 4) is 0 Å². The average molecular weight is 179 g/mol. The molecule has 1 nitrogen and oxygen atoms in total. The monoisotopic (exact) mass is 179 g/mol. The number of rotatable bonds is 1. The zero-order chi connectivity index (χ0) is 8.72. The van der Waals surface area contributed by atoms with Gasteiger partial charge in [-0.1, -0.05) is 13.8 Å². The summed E-state index contributed by atoms with van der Waals surface area (Å²) in [6, 6.07) is 4.48. The third-order valence-corrected chi connectivity index (χ3v) is 3.55. The molecule has 0 saturated heterocycles. The fourth-order valence-electron chi connectivity index (χ4n) is 1.35. The van der Waals surface area contributed by atoms with E-state index in [1.54, 1.807) is 0 Å². The largest absolute Gasteiger partial charge is 0.350 e. The van der Waals surface area contributed by atoms with Gasteiger partial charge in [0.15, 0.2) is 0 Å². The first-order valence-corrected chi connectivity index (χ1v) is 5.05. The Kier molecular flexibility index (Phi) is 1.72. The van der Waals surface area contributed by atoms with Crippen LogP contribution in [0.2, 0.25) is 0 Å². The van der Waals surface area contributed by atoms with Crippen LogP contribution in [0, 0.1) is 0 Å². The molecule has 0 aliphatic carbocycles. The smallest absolute Gasteiger partial charge is 0.0590 e. The molecule has 0 amide bonds. The second kappa shape index (κ2) is 2.63. The number of fused-ring (bicyclic) bond motifs is 1. The van der Waals surface area contributed by atoms with E-state index in [1.165, 1.54) is 15.1 Å². The maximum absolute atomic E-state index is 2.30. The van der Waals surface area contributed by atoms with Crippen molar-refractivity contribution in [2.45, 2.75) is 19.8 Å². The summed E-state index contributed by atoms with van der Waals surface area (Å²) in [6.07, 6.45) is 2.12. The lowest BCUT2D eigenvalue weighted by Gasteiger charge is -1.97. The van der Waals surface area contributed by atoms with Crippen molar-refractivity contribution in [2.24, 2.45) is 7.05 Å². The van der Waals surface area contributed by atoms with Crippen LogP contribution in [0.15, 0.2) is 18.3 Å². The van der Waals surface area contributed by atoms with Gasteiger partial charge in [-0.2, -0.15) is 0 Å². The van der Waals surface area contributed by atoms with Crippen molar-refractivity contribution >= 4 is 21.6 Å². The Morgan fingerprint density at radius 3 is 2.75 bits per heavy atom. The van der Waals surface area contributed by atoms with Crippen molar-refractivity contribution in [1.29, 1.82) is 0 Å². The van der Waals surface area contributed by atoms with Gasteiger partial charge in [0.2, 0.25) is 0 Å². The third-order valence-electron chi connectivity index (χ3n) is 2.16. The Morgan fingerprint density at radius 2 is 2.17 bits per heavy atom. The summed E-state index contributed by atoms with van der Waals surface area (Å²) in [5.74, 6) is 0.655. The van der Waals surface area contributed by atoms with Crippen molar-refractivity contribution in [1.82, 2.24) is 4.57 Å². The summed E-state index contributed by atoms with van der Waals surface area (Å²) in [5, 5.41) is 0. The minimum atomic E-state index is 0.655. The fraction of sp³-hybridized carbons (Fsp3) is 0.400. The van der Waals surface area contributed by atoms with E-state index in [4.69, 9.17) is 0 Å². The van der Waals surface area contributed by atoms with Crippen molar-refractivity contribution in [3.63, 3.8) is 0 Å². The maximum Gasteiger partial charge on any atom is 0.0590 e. The van der Waals surface area contributed by atoms with E-state index in [9.17, 15) is 0 Å². The predicted molar refractivity (Wildman–Crippen MR) is 54.9 cm³/mol. The Labute approximate surface area is 76.6 Å². The van der Waals surface area contributed by atoms with Crippen LogP contribution in [0.25, 0.3) is 10.2 Å². The molecule has 0 aliphatic heterocycles. The second-order valence-electron chi connectivity index (χ2n) is 3.48. The highest BCUT2D eigenvalue weighted by molar-refractivity contribution is 7.19. The highest BCUT2D eigenvalue weighted by Gasteiger charge is 2.06. The first-order chi connectivity index (χ1) is 5.68. The topological polar surface area (TPSA) is 4.93 Å². The molecule has 0 fully saturated rings. The first kappa shape index (κ1) is 7.87. The molecule has 2 aromatic rings. The molecule has 0 bridgehead atoms. The molecular formula is C10H13NS. The van der Waals surface area contributed by atoms with E-state index in [-0.39, 0.29) is 0 Å². The fourth-order valence-corrected chi connectivity index (χ4v) is 2.45. The summed E-state index contributed by atoms with van der Waals surface area (Å²) in [6.45, 7) is 4.48. The van der Waals surface area contributed by atoms with Gasteiger partial charge in [0.05, 0.1) is 10.2 Å². The normalized spacial score (nSPS) is 11.7. The summed E-state index contributed by atoms with van der Waals surface area (Å²) < 4.78 is 3.58. The van der Waals surface area contributed by atoms with Crippen molar-refractivity contribution < 1.29 is 0 Å². The zero-order valence-corrected chi connectivity index (χ0v) is 8.48. The van der Waals surface area contributed by atoms with Gasteiger partial charge in [-0.25, -0.2) is 0 Å². The van der Waals surface area contributed by atoms with E-state index >= 15 is 0 Å². The molecule has 2 heteroatoms. The summed E-state index contributed by atoms with van der Waals surface area (Å²) in [4.78, 5) is 1.48. The van der Waals surface area contributed by atoms with E-state index in [0.29, 0.717) is 5.92 Å². The molecule has 12 heavy (non-hydrogen) atoms. The quantitative estimate of drug-likeness (QED) is 0.632. The Bertz CT molecular complexity index is 395. The standard InChI is InChI=1S/C10H13NS/c1-7(2)10-6-8-9(12-10)4-5-11(8)3/h4-7H,1-3H3. The third kappa shape index (κ3) is 1.07. The molecule has 0 radical (unpaired) electrons. The average Bonchev–Trinajstić information content (AvgIpc) is 2.53. The number of hydrogen-bond donors (Lipinski definition) is 0. The van der Waals surface area contributed by atoms with Crippen LogP contribution in [-0.2, 0) is 7.05 Å². The first-order valence-electron chi connectivity index (χ1n) is 4.23. The van der Waals surface area contributed by atoms with Crippen LogP contribution in [-0.4, -0.2) is 4.57 Å². The van der Waals surface area contributed by atoms with Crippen LogP contribution in [0.4, 0.5) is 0 Å². The second-order valence-corrected chi connectivity index (χ2v) is 4.59. The molecule has 0 spiro atoms. The Morgan fingerprint density at radius 1 is 1.42 bits per heavy atom. The molecule has 0 aliphatic rings. The van der Waals surface area contributed by atoms with Gasteiger partial charge in [-0.3, -0.25) is 0 Å². The van der Waals surface area contributed by atoms with E-state index < -0.39 is 0 Å². The van der Waals surface area contributed by atoms with Crippen molar-refractivity contribution in [3.05, 3.63) is 23.2 Å². The van der Waals surface area contributed by atoms with Crippen LogP contribution in [0.5, 0.6) is 0 Å². The Hall–Kier alpha value is -0.760. The van der Waals surface area contributed by atoms with Gasteiger partial charge in [0.1, 0.15) is 0 Å². The molecule has 2 rings (SSSR count). The molecule has 64 valence electrons. The Balaban J connectivity index is 2.63. The lowest BCUT2D eigenvalue weighted by molar-refractivity contribution is 0.887. The molecule has 0 saturated carbocycles. The minimum Gasteiger partial charge on any atom is -0.350 e. The summed E-state index contributed by atoms with van der Waals surface area (Å²) in [5.41, 5.74) is 1.36. The summed E-state index contributed by atoms with van der Waals surface area (Å²) in [7, 11) is 2.10. The summed E-state index contributed by atoms with van der Waals surface area (Å²) >= 11 is 1.91. The number of thiophene rings is 1. The lowest BCUT2D eigenvalue weighted by Crippen LogP contribution is -1.82. The van der Waals surface area contributed by atoms with E-state index in [1.807, 2.05) is 11.3 Å². The van der Waals surface area contributed by atoms with Crippen LogP contribution in [0.1, 0.15) is 24.6 Å². The van der Waals surface area contributed by atoms with Gasteiger partial charge in [-0.15, -0.1) is 11.3 Å². The van der Waals surface area contributed by atoms with Gasteiger partial charge >= 0.3 is 0 Å². The highest BCUT2D eigenvalue weighted by atomic mass is 32.1. The van der Waals surface area contributed by atoms with E-state index in [0.717, 1.165) is 0 Å². The molecule has 2 heterocycles. The van der Waals surface area contributed by atoms with Gasteiger partial charge < -0.3 is 4.57 Å². The van der Waals surface area contributed by atoms with Crippen LogP contribution >= 0.6 is 11.3 Å². The minimum absolute atomic E-state index is 0.655. The lowest BCUT2D eigenvalue weighted by atomic mass is 10.2. The highest BCUT2D eigenvalue weighted by Crippen LogP contribution is 2.30. The SMILES string of the molecule is CC(C)c1cc2c(ccn2C)s1. The van der Waals surface area contributed by atoms with Crippen LogP contribution < -0.4 is 0 Å². The van der Waals surface area contributed by atoms with Gasteiger partial charge in [0, 0.05) is 18.1 Å². The van der Waals surface area contributed by atoms with Gasteiger partial charge in [0.25, 0.3) is 0 Å².